The van der Waals surface area contributed by atoms with Crippen LogP contribution in [0.15, 0.2) is 29.2 Å². The number of fused-ring (bicyclic) bond motifs is 3. The van der Waals surface area contributed by atoms with E-state index in [2.05, 4.69) is 4.72 Å². The van der Waals surface area contributed by atoms with Gasteiger partial charge in [0.1, 0.15) is 5.78 Å². The number of ketones is 1. The molecular weight excluding hydrogens is 382 g/mol. The summed E-state index contributed by atoms with van der Waals surface area (Å²) in [6, 6.07) is 7.94. The van der Waals surface area contributed by atoms with Gasteiger partial charge in [-0.1, -0.05) is 32.0 Å². The number of benzene rings is 1. The first kappa shape index (κ1) is 19.4. The van der Waals surface area contributed by atoms with Gasteiger partial charge in [-0.2, -0.15) is 0 Å². The van der Waals surface area contributed by atoms with E-state index in [4.69, 9.17) is 0 Å². The number of nitrogens with one attached hydrogen (secondary N) is 1. The fourth-order valence-corrected chi connectivity index (χ4v) is 8.52. The fraction of sp³-hybridized carbons (Fsp3) is 0.650. The maximum atomic E-state index is 12.8. The Labute approximate surface area is 165 Å². The summed E-state index contributed by atoms with van der Waals surface area (Å²) < 4.78 is 28.2. The van der Waals surface area contributed by atoms with Crippen LogP contribution in [0.5, 0.6) is 0 Å². The second-order valence-corrected chi connectivity index (χ2v) is 11.7. The Morgan fingerprint density at radius 2 is 2.07 bits per heavy atom. The molecule has 7 heteroatoms. The summed E-state index contributed by atoms with van der Waals surface area (Å²) in [6.07, 6.45) is 1.30. The Morgan fingerprint density at radius 1 is 1.33 bits per heavy atom. The van der Waals surface area contributed by atoms with Crippen molar-refractivity contribution in [2.24, 2.45) is 16.7 Å². The Bertz CT molecular complexity index is 866. The van der Waals surface area contributed by atoms with Crippen LogP contribution in [0.2, 0.25) is 0 Å². The summed E-state index contributed by atoms with van der Waals surface area (Å²) in [5, 5.41) is 10.6. The predicted molar refractivity (Wildman–Crippen MR) is 106 cm³/mol. The third kappa shape index (κ3) is 3.07. The highest BCUT2D eigenvalue weighted by Crippen LogP contribution is 2.64. The molecule has 4 atom stereocenters. The summed E-state index contributed by atoms with van der Waals surface area (Å²) in [7, 11) is -3.65. The van der Waals surface area contributed by atoms with E-state index in [0.717, 1.165) is 22.6 Å². The van der Waals surface area contributed by atoms with Gasteiger partial charge in [-0.25, -0.2) is 13.1 Å². The van der Waals surface area contributed by atoms with Crippen molar-refractivity contribution in [2.45, 2.75) is 50.0 Å². The largest absolute Gasteiger partial charge is 0.391 e. The molecule has 27 heavy (non-hydrogen) atoms. The van der Waals surface area contributed by atoms with Crippen LogP contribution in [-0.2, 0) is 14.8 Å². The van der Waals surface area contributed by atoms with Gasteiger partial charge < -0.3 is 5.11 Å². The molecular formula is C20H27NO4S2. The van der Waals surface area contributed by atoms with Gasteiger partial charge in [0.2, 0.25) is 10.0 Å². The Kier molecular flexibility index (Phi) is 4.73. The quantitative estimate of drug-likeness (QED) is 0.754. The van der Waals surface area contributed by atoms with Crippen molar-refractivity contribution in [2.75, 3.05) is 18.1 Å². The van der Waals surface area contributed by atoms with Gasteiger partial charge in [0, 0.05) is 34.9 Å². The molecule has 5 nitrogen and oxygen atoms in total. The van der Waals surface area contributed by atoms with E-state index in [9.17, 15) is 18.3 Å². The molecule has 1 aliphatic heterocycles. The Hall–Kier alpha value is -0.890. The monoisotopic (exact) mass is 409 g/mol. The number of hydrogen-bond acceptors (Lipinski definition) is 5. The van der Waals surface area contributed by atoms with Crippen LogP contribution in [0.4, 0.5) is 0 Å². The number of thioether (sulfide) groups is 1. The van der Waals surface area contributed by atoms with Gasteiger partial charge >= 0.3 is 0 Å². The predicted octanol–water partition coefficient (Wildman–Crippen LogP) is 2.55. The summed E-state index contributed by atoms with van der Waals surface area (Å²) in [4.78, 5) is 13.7. The molecule has 2 bridgehead atoms. The zero-order valence-corrected chi connectivity index (χ0v) is 17.4. The first-order chi connectivity index (χ1) is 12.7. The van der Waals surface area contributed by atoms with Gasteiger partial charge in [-0.05, 0) is 35.8 Å². The van der Waals surface area contributed by atoms with Crippen LogP contribution < -0.4 is 4.72 Å². The third-order valence-corrected chi connectivity index (χ3v) is 9.98. The number of carbonyl (C=O) groups excluding carboxylic acids is 1. The van der Waals surface area contributed by atoms with E-state index in [0.29, 0.717) is 12.8 Å². The van der Waals surface area contributed by atoms with Crippen LogP contribution in [0.1, 0.15) is 44.6 Å². The summed E-state index contributed by atoms with van der Waals surface area (Å²) in [5.74, 6) is 0.894. The first-order valence-electron chi connectivity index (χ1n) is 9.57. The minimum Gasteiger partial charge on any atom is -0.391 e. The van der Waals surface area contributed by atoms with Crippen molar-refractivity contribution >= 4 is 27.6 Å². The van der Waals surface area contributed by atoms with E-state index in [1.807, 2.05) is 38.1 Å². The van der Waals surface area contributed by atoms with Crippen LogP contribution in [0.3, 0.4) is 0 Å². The minimum absolute atomic E-state index is 0.0178. The maximum Gasteiger partial charge on any atom is 0.212 e. The molecule has 2 saturated carbocycles. The number of aliphatic hydroxyl groups is 1. The molecule has 0 amide bonds. The zero-order chi connectivity index (χ0) is 19.4. The number of sulfonamides is 1. The lowest BCUT2D eigenvalue weighted by molar-refractivity contribution is -0.128. The smallest absolute Gasteiger partial charge is 0.212 e. The number of Topliss-reactive ketones (excluding diaryl/α,β-unsaturated/α-hetero) is 1. The Morgan fingerprint density at radius 3 is 2.74 bits per heavy atom. The molecule has 1 aromatic rings. The topological polar surface area (TPSA) is 83.5 Å². The third-order valence-electron chi connectivity index (χ3n) is 7.29. The number of hydrogen-bond donors (Lipinski definition) is 2. The first-order valence-corrected chi connectivity index (χ1v) is 12.2. The van der Waals surface area contributed by atoms with Crippen molar-refractivity contribution in [3.8, 4) is 0 Å². The maximum absolute atomic E-state index is 12.8. The van der Waals surface area contributed by atoms with E-state index in [-0.39, 0.29) is 35.3 Å². The van der Waals surface area contributed by atoms with Crippen molar-refractivity contribution < 1.29 is 18.3 Å². The van der Waals surface area contributed by atoms with E-state index in [1.165, 1.54) is 0 Å². The minimum atomic E-state index is -3.65. The Balaban J connectivity index is 1.43. The van der Waals surface area contributed by atoms with Crippen molar-refractivity contribution in [3.63, 3.8) is 0 Å². The summed E-state index contributed by atoms with van der Waals surface area (Å²) >= 11 is 1.69. The molecule has 0 radical (unpaired) electrons. The molecule has 2 fully saturated rings. The van der Waals surface area contributed by atoms with Gasteiger partial charge in [0.15, 0.2) is 0 Å². The molecule has 1 heterocycles. The van der Waals surface area contributed by atoms with Crippen LogP contribution in [-0.4, -0.2) is 43.5 Å². The normalized spacial score (nSPS) is 32.6. The standard InChI is InChI=1S/C20H27NO4S2/c1-19(2)13-7-8-20(19,18(23)9-13)12-27(24,25)21-10-16(22)15-11-26-17-6-4-3-5-14(15)17/h3-6,13,15-16,21-22H,7-12H2,1-2H3. The lowest BCUT2D eigenvalue weighted by atomic mass is 9.70. The summed E-state index contributed by atoms with van der Waals surface area (Å²) in [5.41, 5.74) is 0.0291. The zero-order valence-electron chi connectivity index (χ0n) is 15.8. The average Bonchev–Trinajstić information content (AvgIpc) is 3.19. The highest BCUT2D eigenvalue weighted by atomic mass is 32.2. The van der Waals surface area contributed by atoms with Crippen LogP contribution in [0.25, 0.3) is 0 Å². The molecule has 3 aliphatic rings. The number of carbonyl (C=O) groups is 1. The molecule has 0 spiro atoms. The highest BCUT2D eigenvalue weighted by Gasteiger charge is 2.65. The van der Waals surface area contributed by atoms with Gasteiger partial charge in [-0.15, -0.1) is 11.8 Å². The van der Waals surface area contributed by atoms with Gasteiger partial charge in [0.05, 0.1) is 11.9 Å². The van der Waals surface area contributed by atoms with Crippen molar-refractivity contribution in [1.29, 1.82) is 0 Å². The SMILES string of the molecule is CC1(C)C2CCC1(CS(=O)(=O)NCC(O)C1CSc3ccccc31)C(=O)C2. The van der Waals surface area contributed by atoms with E-state index >= 15 is 0 Å². The lowest BCUT2D eigenvalue weighted by Gasteiger charge is -2.36. The van der Waals surface area contributed by atoms with Crippen molar-refractivity contribution in [3.05, 3.63) is 29.8 Å². The second kappa shape index (κ2) is 6.58. The highest BCUT2D eigenvalue weighted by molar-refractivity contribution is 7.99. The van der Waals surface area contributed by atoms with E-state index < -0.39 is 21.5 Å². The summed E-state index contributed by atoms with van der Waals surface area (Å²) in [6.45, 7) is 4.05. The van der Waals surface area contributed by atoms with Gasteiger partial charge in [0.25, 0.3) is 0 Å². The molecule has 4 rings (SSSR count). The molecule has 0 aromatic heterocycles. The number of rotatable bonds is 6. The van der Waals surface area contributed by atoms with Crippen LogP contribution in [0, 0.1) is 16.7 Å². The lowest BCUT2D eigenvalue weighted by Crippen LogP contribution is -2.46. The molecule has 148 valence electrons. The molecule has 4 unspecified atom stereocenters. The average molecular weight is 410 g/mol. The van der Waals surface area contributed by atoms with E-state index in [1.54, 1.807) is 11.8 Å². The fourth-order valence-electron chi connectivity index (χ4n) is 5.34. The van der Waals surface area contributed by atoms with Gasteiger partial charge in [-0.3, -0.25) is 4.79 Å². The van der Waals surface area contributed by atoms with Crippen molar-refractivity contribution in [1.82, 2.24) is 4.72 Å². The molecule has 1 aromatic carbocycles. The molecule has 2 N–H and O–H groups in total. The molecule has 0 saturated heterocycles. The molecule has 2 aliphatic carbocycles. The second-order valence-electron chi connectivity index (χ2n) is 8.80. The van der Waals surface area contributed by atoms with Crippen LogP contribution >= 0.6 is 11.8 Å². The number of aliphatic hydroxyl groups excluding tert-OH is 1.